The number of hydrogen-bond donors (Lipinski definition) is 2. The molecule has 1 aromatic carbocycles. The highest BCUT2D eigenvalue weighted by Crippen LogP contribution is 2.37. The Morgan fingerprint density at radius 2 is 1.92 bits per heavy atom. The maximum atomic E-state index is 12.6. The van der Waals surface area contributed by atoms with Gasteiger partial charge in [-0.15, -0.1) is 0 Å². The predicted molar refractivity (Wildman–Crippen MR) is 95.6 cm³/mol. The minimum absolute atomic E-state index is 0.0465. The van der Waals surface area contributed by atoms with Crippen LogP contribution in [-0.2, 0) is 27.8 Å². The number of sulfonamides is 1. The van der Waals surface area contributed by atoms with E-state index in [0.717, 1.165) is 11.3 Å². The average Bonchev–Trinajstić information content (AvgIpc) is 2.57. The van der Waals surface area contributed by atoms with Crippen molar-refractivity contribution in [3.05, 3.63) is 46.1 Å². The topological polar surface area (TPSA) is 88.5 Å². The second kappa shape index (κ2) is 6.82. The van der Waals surface area contributed by atoms with Gasteiger partial charge >= 0.3 is 0 Å². The zero-order chi connectivity index (χ0) is 18.2. The number of hydrogen-bond acceptors (Lipinski definition) is 5. The van der Waals surface area contributed by atoms with E-state index >= 15 is 0 Å². The van der Waals surface area contributed by atoms with Gasteiger partial charge in [-0.2, -0.15) is 0 Å². The lowest BCUT2D eigenvalue weighted by Gasteiger charge is -2.24. The normalized spacial score (nSPS) is 14.4. The van der Waals surface area contributed by atoms with Crippen LogP contribution in [0, 0.1) is 0 Å². The lowest BCUT2D eigenvalue weighted by Crippen LogP contribution is -2.19. The van der Waals surface area contributed by atoms with Gasteiger partial charge in [-0.05, 0) is 36.6 Å². The average molecular weight is 383 g/mol. The van der Waals surface area contributed by atoms with E-state index in [4.69, 9.17) is 16.3 Å². The Labute approximate surface area is 151 Å². The zero-order valence-corrected chi connectivity index (χ0v) is 15.5. The van der Waals surface area contributed by atoms with Crippen LogP contribution in [0.25, 0.3) is 0 Å². The summed E-state index contributed by atoms with van der Waals surface area (Å²) in [5.41, 5.74) is 2.26. The fourth-order valence-corrected chi connectivity index (χ4v) is 3.94. The van der Waals surface area contributed by atoms with Crippen molar-refractivity contribution >= 4 is 27.4 Å². The third-order valence-corrected chi connectivity index (χ3v) is 5.67. The van der Waals surface area contributed by atoms with Gasteiger partial charge in [-0.1, -0.05) is 25.4 Å². The van der Waals surface area contributed by atoms with Crippen molar-refractivity contribution in [3.8, 4) is 5.75 Å². The first kappa shape index (κ1) is 18.0. The van der Waals surface area contributed by atoms with Crippen LogP contribution in [0.1, 0.15) is 36.6 Å². The summed E-state index contributed by atoms with van der Waals surface area (Å²) < 4.78 is 33.0. The molecule has 6 nitrogen and oxygen atoms in total. The predicted octanol–water partition coefficient (Wildman–Crippen LogP) is 3.44. The molecule has 0 amide bonds. The molecule has 2 N–H and O–H groups in total. The zero-order valence-electron chi connectivity index (χ0n) is 13.9. The van der Waals surface area contributed by atoms with Gasteiger partial charge in [-0.3, -0.25) is 4.72 Å². The fourth-order valence-electron chi connectivity index (χ4n) is 2.81. The lowest BCUT2D eigenvalue weighted by atomic mass is 9.95. The number of aromatic nitrogens is 1. The summed E-state index contributed by atoms with van der Waals surface area (Å²) in [5, 5.41) is 11.0. The molecule has 0 spiro atoms. The number of halogens is 1. The number of pyridine rings is 1. The van der Waals surface area contributed by atoms with Crippen molar-refractivity contribution in [2.24, 2.45) is 0 Å². The lowest BCUT2D eigenvalue weighted by molar-refractivity contribution is 0.108. The molecule has 0 atom stereocenters. The molecule has 0 saturated heterocycles. The molecule has 134 valence electrons. The van der Waals surface area contributed by atoms with Gasteiger partial charge in [0.05, 0.1) is 23.8 Å². The number of benzene rings is 1. The minimum atomic E-state index is -3.88. The molecule has 1 aliphatic heterocycles. The summed E-state index contributed by atoms with van der Waals surface area (Å²) in [7, 11) is -3.88. The summed E-state index contributed by atoms with van der Waals surface area (Å²) in [5.74, 6) is -0.130. The number of rotatable bonds is 4. The van der Waals surface area contributed by atoms with E-state index in [2.05, 4.69) is 9.71 Å². The van der Waals surface area contributed by atoms with Gasteiger partial charge in [0.2, 0.25) is 0 Å². The third-order valence-electron chi connectivity index (χ3n) is 4.06. The Hall–Kier alpha value is -1.83. The number of fused-ring (bicyclic) bond motifs is 1. The van der Waals surface area contributed by atoms with Gasteiger partial charge in [-0.25, -0.2) is 13.4 Å². The van der Waals surface area contributed by atoms with E-state index in [0.29, 0.717) is 30.2 Å². The standard InChI is InChI=1S/C17H19ClN2O4S/c1-10(2)15-14-9-24-8-7-13(14)16(21)17(19-15)20-25(22,23)12-5-3-11(18)4-6-12/h3-6,10,21H,7-9H2,1-2H3,(H,19,20). The highest BCUT2D eigenvalue weighted by molar-refractivity contribution is 7.92. The number of ether oxygens (including phenoxy) is 1. The Balaban J connectivity index is 2.05. The van der Waals surface area contributed by atoms with Crippen LogP contribution in [0.3, 0.4) is 0 Å². The van der Waals surface area contributed by atoms with E-state index < -0.39 is 10.0 Å². The molecule has 2 heterocycles. The van der Waals surface area contributed by atoms with E-state index in [9.17, 15) is 13.5 Å². The Morgan fingerprint density at radius 3 is 2.56 bits per heavy atom. The summed E-state index contributed by atoms with van der Waals surface area (Å²) in [6, 6.07) is 5.79. The van der Waals surface area contributed by atoms with Crippen LogP contribution >= 0.6 is 11.6 Å². The van der Waals surface area contributed by atoms with E-state index in [-0.39, 0.29) is 22.4 Å². The molecule has 1 aliphatic rings. The quantitative estimate of drug-likeness (QED) is 0.845. The second-order valence-electron chi connectivity index (χ2n) is 6.17. The molecule has 0 bridgehead atoms. The Bertz CT molecular complexity index is 896. The van der Waals surface area contributed by atoms with E-state index in [1.165, 1.54) is 24.3 Å². The van der Waals surface area contributed by atoms with Crippen molar-refractivity contribution in [2.75, 3.05) is 11.3 Å². The molecule has 0 fully saturated rings. The SMILES string of the molecule is CC(C)c1nc(NS(=O)(=O)c2ccc(Cl)cc2)c(O)c2c1COCC2. The van der Waals surface area contributed by atoms with Crippen LogP contribution in [0.4, 0.5) is 5.82 Å². The smallest absolute Gasteiger partial charge is 0.263 e. The van der Waals surface area contributed by atoms with Crippen molar-refractivity contribution in [3.63, 3.8) is 0 Å². The summed E-state index contributed by atoms with van der Waals surface area (Å²) in [6.07, 6.45) is 0.513. The molecule has 2 aromatic rings. The van der Waals surface area contributed by atoms with Crippen LogP contribution in [-0.4, -0.2) is 25.1 Å². The highest BCUT2D eigenvalue weighted by atomic mass is 35.5. The minimum Gasteiger partial charge on any atom is -0.504 e. The highest BCUT2D eigenvalue weighted by Gasteiger charge is 2.26. The van der Waals surface area contributed by atoms with Crippen LogP contribution in [0.15, 0.2) is 29.2 Å². The van der Waals surface area contributed by atoms with Gasteiger partial charge in [0.25, 0.3) is 10.0 Å². The molecule has 0 aliphatic carbocycles. The first-order chi connectivity index (χ1) is 11.8. The number of nitrogens with zero attached hydrogens (tertiary/aromatic N) is 1. The third kappa shape index (κ3) is 3.58. The maximum absolute atomic E-state index is 12.6. The van der Waals surface area contributed by atoms with E-state index in [1.807, 2.05) is 13.8 Å². The Morgan fingerprint density at radius 1 is 1.24 bits per heavy atom. The fraction of sp³-hybridized carbons (Fsp3) is 0.353. The Kier molecular flexibility index (Phi) is 4.90. The molecule has 0 unspecified atom stereocenters. The molecule has 0 radical (unpaired) electrons. The maximum Gasteiger partial charge on any atom is 0.263 e. The molecule has 25 heavy (non-hydrogen) atoms. The molecule has 1 aromatic heterocycles. The number of anilines is 1. The molecular weight excluding hydrogens is 364 g/mol. The first-order valence-electron chi connectivity index (χ1n) is 7.90. The first-order valence-corrected chi connectivity index (χ1v) is 9.76. The summed E-state index contributed by atoms with van der Waals surface area (Å²) in [4.78, 5) is 4.41. The van der Waals surface area contributed by atoms with Crippen molar-refractivity contribution in [1.82, 2.24) is 4.98 Å². The van der Waals surface area contributed by atoms with Crippen molar-refractivity contribution in [2.45, 2.75) is 37.7 Å². The summed E-state index contributed by atoms with van der Waals surface area (Å²) >= 11 is 5.80. The molecular formula is C17H19ClN2O4S. The van der Waals surface area contributed by atoms with Gasteiger partial charge in [0.15, 0.2) is 11.6 Å². The molecule has 0 saturated carbocycles. The monoisotopic (exact) mass is 382 g/mol. The number of nitrogens with one attached hydrogen (secondary N) is 1. The second-order valence-corrected chi connectivity index (χ2v) is 8.29. The van der Waals surface area contributed by atoms with Gasteiger partial charge < -0.3 is 9.84 Å². The molecule has 3 rings (SSSR count). The molecule has 8 heteroatoms. The summed E-state index contributed by atoms with van der Waals surface area (Å²) in [6.45, 7) is 4.77. The van der Waals surface area contributed by atoms with Crippen molar-refractivity contribution in [1.29, 1.82) is 0 Å². The van der Waals surface area contributed by atoms with Crippen LogP contribution in [0.2, 0.25) is 5.02 Å². The van der Waals surface area contributed by atoms with Gasteiger partial charge in [0.1, 0.15) is 0 Å². The number of aromatic hydroxyl groups is 1. The van der Waals surface area contributed by atoms with Crippen LogP contribution < -0.4 is 4.72 Å². The largest absolute Gasteiger partial charge is 0.504 e. The van der Waals surface area contributed by atoms with E-state index in [1.54, 1.807) is 0 Å². The van der Waals surface area contributed by atoms with Crippen molar-refractivity contribution < 1.29 is 18.3 Å². The van der Waals surface area contributed by atoms with Crippen LogP contribution in [0.5, 0.6) is 5.75 Å². The van der Waals surface area contributed by atoms with Gasteiger partial charge in [0, 0.05) is 16.1 Å².